The average Bonchev–Trinajstić information content (AvgIpc) is 3.24. The van der Waals surface area contributed by atoms with Crippen molar-refractivity contribution >= 4 is 11.9 Å². The van der Waals surface area contributed by atoms with Crippen molar-refractivity contribution < 1.29 is 19.4 Å². The van der Waals surface area contributed by atoms with Crippen LogP contribution in [0, 0.1) is 11.8 Å². The number of ether oxygens (including phenoxy) is 1. The van der Waals surface area contributed by atoms with Crippen LogP contribution in [0.3, 0.4) is 0 Å². The van der Waals surface area contributed by atoms with Crippen molar-refractivity contribution in [3.63, 3.8) is 0 Å². The summed E-state index contributed by atoms with van der Waals surface area (Å²) in [4.78, 5) is 23.5. The van der Waals surface area contributed by atoms with Crippen LogP contribution < -0.4 is 5.32 Å². The first-order chi connectivity index (χ1) is 10.0. The number of hydrogen-bond donors (Lipinski definition) is 2. The van der Waals surface area contributed by atoms with Crippen LogP contribution in [-0.4, -0.2) is 29.7 Å². The molecule has 0 aromatic heterocycles. The molecule has 0 radical (unpaired) electrons. The van der Waals surface area contributed by atoms with Crippen molar-refractivity contribution in [3.8, 4) is 0 Å². The van der Waals surface area contributed by atoms with E-state index >= 15 is 0 Å². The Bertz CT molecular complexity index is 502. The van der Waals surface area contributed by atoms with Crippen molar-refractivity contribution in [2.24, 2.45) is 11.8 Å². The SMILES string of the molecule is CCO[C@@H]1C[C@@H]1C(=O)N[C@H](c1ccccc1)[C@H](C)C(=O)O. The third-order valence-corrected chi connectivity index (χ3v) is 3.80. The highest BCUT2D eigenvalue weighted by Gasteiger charge is 2.45. The van der Waals surface area contributed by atoms with Gasteiger partial charge in [0.2, 0.25) is 5.91 Å². The number of carbonyl (C=O) groups is 2. The lowest BCUT2D eigenvalue weighted by Gasteiger charge is -2.23. The molecule has 0 bridgehead atoms. The number of rotatable bonds is 7. The maximum Gasteiger partial charge on any atom is 0.308 e. The minimum Gasteiger partial charge on any atom is -0.481 e. The first kappa shape index (κ1) is 15.5. The zero-order chi connectivity index (χ0) is 15.4. The number of amides is 1. The molecule has 1 aliphatic rings. The molecular weight excluding hydrogens is 270 g/mol. The molecule has 5 nitrogen and oxygen atoms in total. The van der Waals surface area contributed by atoms with Gasteiger partial charge in [0.15, 0.2) is 0 Å². The molecule has 1 saturated carbocycles. The van der Waals surface area contributed by atoms with E-state index < -0.39 is 17.9 Å². The first-order valence-electron chi connectivity index (χ1n) is 7.24. The van der Waals surface area contributed by atoms with Crippen molar-refractivity contribution in [1.29, 1.82) is 0 Å². The van der Waals surface area contributed by atoms with E-state index in [2.05, 4.69) is 5.32 Å². The number of carboxylic acids is 1. The maximum atomic E-state index is 12.2. The quantitative estimate of drug-likeness (QED) is 0.805. The Hall–Kier alpha value is -1.88. The van der Waals surface area contributed by atoms with E-state index in [1.165, 1.54) is 0 Å². The Balaban J connectivity index is 2.07. The van der Waals surface area contributed by atoms with E-state index in [9.17, 15) is 14.7 Å². The average molecular weight is 291 g/mol. The molecule has 0 saturated heterocycles. The lowest BCUT2D eigenvalue weighted by atomic mass is 9.94. The second kappa shape index (κ2) is 6.72. The Morgan fingerprint density at radius 3 is 2.62 bits per heavy atom. The Morgan fingerprint density at radius 2 is 2.05 bits per heavy atom. The smallest absolute Gasteiger partial charge is 0.308 e. The molecule has 1 amide bonds. The molecule has 21 heavy (non-hydrogen) atoms. The highest BCUT2D eigenvalue weighted by atomic mass is 16.5. The van der Waals surface area contributed by atoms with Gasteiger partial charge in [0.25, 0.3) is 0 Å². The van der Waals surface area contributed by atoms with Crippen molar-refractivity contribution in [1.82, 2.24) is 5.32 Å². The Labute approximate surface area is 124 Å². The highest BCUT2D eigenvalue weighted by Crippen LogP contribution is 2.35. The summed E-state index contributed by atoms with van der Waals surface area (Å²) >= 11 is 0. The summed E-state index contributed by atoms with van der Waals surface area (Å²) in [5.74, 6) is -1.91. The van der Waals surface area contributed by atoms with E-state index in [1.807, 2.05) is 37.3 Å². The molecule has 0 unspecified atom stereocenters. The zero-order valence-electron chi connectivity index (χ0n) is 12.3. The van der Waals surface area contributed by atoms with Crippen LogP contribution in [0.2, 0.25) is 0 Å². The van der Waals surface area contributed by atoms with Crippen molar-refractivity contribution in [2.75, 3.05) is 6.61 Å². The van der Waals surface area contributed by atoms with Crippen molar-refractivity contribution in [2.45, 2.75) is 32.4 Å². The number of carbonyl (C=O) groups excluding carboxylic acids is 1. The third-order valence-electron chi connectivity index (χ3n) is 3.80. The fourth-order valence-electron chi connectivity index (χ4n) is 2.41. The topological polar surface area (TPSA) is 75.6 Å². The van der Waals surface area contributed by atoms with Crippen LogP contribution in [-0.2, 0) is 14.3 Å². The van der Waals surface area contributed by atoms with Crippen LogP contribution in [0.25, 0.3) is 0 Å². The van der Waals surface area contributed by atoms with Gasteiger partial charge in [-0.25, -0.2) is 0 Å². The molecular formula is C16H21NO4. The molecule has 0 heterocycles. The first-order valence-corrected chi connectivity index (χ1v) is 7.24. The number of carboxylic acid groups (broad SMARTS) is 1. The normalized spacial score (nSPS) is 23.1. The maximum absolute atomic E-state index is 12.2. The lowest BCUT2D eigenvalue weighted by molar-refractivity contribution is -0.142. The van der Waals surface area contributed by atoms with Crippen LogP contribution in [0.1, 0.15) is 31.9 Å². The minimum atomic E-state index is -0.929. The second-order valence-electron chi connectivity index (χ2n) is 5.36. The predicted octanol–water partition coefficient (Wildman–Crippen LogP) is 1.99. The molecule has 1 aromatic rings. The molecule has 2 rings (SSSR count). The summed E-state index contributed by atoms with van der Waals surface area (Å²) in [6.07, 6.45) is 0.689. The second-order valence-corrected chi connectivity index (χ2v) is 5.36. The number of hydrogen-bond acceptors (Lipinski definition) is 3. The molecule has 1 aliphatic carbocycles. The van der Waals surface area contributed by atoms with E-state index in [-0.39, 0.29) is 17.9 Å². The summed E-state index contributed by atoms with van der Waals surface area (Å²) in [6, 6.07) is 8.67. The number of nitrogens with one attached hydrogen (secondary N) is 1. The van der Waals surface area contributed by atoms with Gasteiger partial charge in [0, 0.05) is 6.61 Å². The van der Waals surface area contributed by atoms with Crippen LogP contribution in [0.4, 0.5) is 0 Å². The zero-order valence-corrected chi connectivity index (χ0v) is 12.3. The number of aliphatic carboxylic acids is 1. The predicted molar refractivity (Wildman–Crippen MR) is 77.6 cm³/mol. The van der Waals surface area contributed by atoms with E-state index in [4.69, 9.17) is 4.74 Å². The minimum absolute atomic E-state index is 0.0217. The molecule has 4 atom stereocenters. The fourth-order valence-corrected chi connectivity index (χ4v) is 2.41. The van der Waals surface area contributed by atoms with Crippen LogP contribution in [0.5, 0.6) is 0 Å². The third kappa shape index (κ3) is 3.82. The van der Waals surface area contributed by atoms with E-state index in [0.717, 1.165) is 5.56 Å². The standard InChI is InChI=1S/C16H21NO4/c1-3-21-13-9-12(13)15(18)17-14(10(2)16(19)20)11-7-5-4-6-8-11/h4-8,10,12-14H,3,9H2,1-2H3,(H,17,18)(H,19,20)/t10-,12-,13+,14-/m0/s1. The summed E-state index contributed by atoms with van der Waals surface area (Å²) in [5.41, 5.74) is 0.800. The Morgan fingerprint density at radius 1 is 1.38 bits per heavy atom. The van der Waals surface area contributed by atoms with Crippen molar-refractivity contribution in [3.05, 3.63) is 35.9 Å². The van der Waals surface area contributed by atoms with Gasteiger partial charge in [-0.05, 0) is 25.8 Å². The van der Waals surface area contributed by atoms with Crippen LogP contribution in [0.15, 0.2) is 30.3 Å². The van der Waals surface area contributed by atoms with Gasteiger partial charge in [0.05, 0.1) is 24.0 Å². The number of benzene rings is 1. The molecule has 5 heteroatoms. The van der Waals surface area contributed by atoms with E-state index in [0.29, 0.717) is 13.0 Å². The molecule has 0 spiro atoms. The molecule has 0 aliphatic heterocycles. The highest BCUT2D eigenvalue weighted by molar-refractivity contribution is 5.83. The van der Waals surface area contributed by atoms with Gasteiger partial charge in [-0.15, -0.1) is 0 Å². The summed E-state index contributed by atoms with van der Waals surface area (Å²) in [5, 5.41) is 12.1. The monoisotopic (exact) mass is 291 g/mol. The van der Waals surface area contributed by atoms with Gasteiger partial charge in [0.1, 0.15) is 0 Å². The fraction of sp³-hybridized carbons (Fsp3) is 0.500. The molecule has 2 N–H and O–H groups in total. The largest absolute Gasteiger partial charge is 0.481 e. The molecule has 1 aromatic carbocycles. The Kier molecular flexibility index (Phi) is 4.96. The summed E-state index contributed by atoms with van der Waals surface area (Å²) < 4.78 is 5.40. The van der Waals surface area contributed by atoms with E-state index in [1.54, 1.807) is 6.92 Å². The molecule has 114 valence electrons. The van der Waals surface area contributed by atoms with Gasteiger partial charge >= 0.3 is 5.97 Å². The van der Waals surface area contributed by atoms with Gasteiger partial charge in [-0.1, -0.05) is 30.3 Å². The van der Waals surface area contributed by atoms with Gasteiger partial charge in [-0.3, -0.25) is 9.59 Å². The van der Waals surface area contributed by atoms with Gasteiger partial charge in [-0.2, -0.15) is 0 Å². The summed E-state index contributed by atoms with van der Waals surface area (Å²) in [6.45, 7) is 4.09. The van der Waals surface area contributed by atoms with Crippen LogP contribution >= 0.6 is 0 Å². The van der Waals surface area contributed by atoms with Gasteiger partial charge < -0.3 is 15.2 Å². The molecule has 1 fully saturated rings. The summed E-state index contributed by atoms with van der Waals surface area (Å²) in [7, 11) is 0. The lowest BCUT2D eigenvalue weighted by Crippen LogP contribution is -2.37.